The molecule has 1 saturated heterocycles. The Kier molecular flexibility index (Phi) is 7.62. The topological polar surface area (TPSA) is 102 Å². The lowest BCUT2D eigenvalue weighted by atomic mass is 9.94. The van der Waals surface area contributed by atoms with Crippen LogP contribution in [0.2, 0.25) is 0 Å². The molecule has 1 aromatic carbocycles. The van der Waals surface area contributed by atoms with Crippen LogP contribution in [0.15, 0.2) is 44.0 Å². The third-order valence-electron chi connectivity index (χ3n) is 6.94. The van der Waals surface area contributed by atoms with Crippen LogP contribution < -0.4 is 11.1 Å². The minimum absolute atomic E-state index is 0.0489. The Hall–Kier alpha value is -2.39. The van der Waals surface area contributed by atoms with E-state index in [4.69, 9.17) is 4.42 Å². The van der Waals surface area contributed by atoms with Crippen molar-refractivity contribution in [2.45, 2.75) is 76.2 Å². The number of hydrogen-bond donors (Lipinski definition) is 1. The minimum Gasteiger partial charge on any atom is -0.408 e. The summed E-state index contributed by atoms with van der Waals surface area (Å²) < 4.78 is 34.7. The first-order valence-corrected chi connectivity index (χ1v) is 13.8. The van der Waals surface area contributed by atoms with Crippen molar-refractivity contribution < 1.29 is 17.6 Å². The van der Waals surface area contributed by atoms with Gasteiger partial charge in [0.05, 0.1) is 10.4 Å². The van der Waals surface area contributed by atoms with Crippen LogP contribution in [0.4, 0.5) is 0 Å². The summed E-state index contributed by atoms with van der Waals surface area (Å²) in [4.78, 5) is 24.6. The van der Waals surface area contributed by atoms with Gasteiger partial charge in [-0.05, 0) is 76.8 Å². The van der Waals surface area contributed by atoms with E-state index in [9.17, 15) is 18.0 Å². The molecular weight excluding hydrogens is 454 g/mol. The first-order chi connectivity index (χ1) is 16.3. The highest BCUT2D eigenvalue weighted by atomic mass is 32.2. The second-order valence-corrected chi connectivity index (χ2v) is 11.7. The fraction of sp³-hybridized carbons (Fsp3) is 0.600. The molecule has 1 aliphatic carbocycles. The quantitative estimate of drug-likeness (QED) is 0.565. The highest BCUT2D eigenvalue weighted by Gasteiger charge is 2.31. The van der Waals surface area contributed by atoms with Crippen molar-refractivity contribution in [3.63, 3.8) is 0 Å². The van der Waals surface area contributed by atoms with Gasteiger partial charge >= 0.3 is 5.76 Å². The molecule has 0 radical (unpaired) electrons. The smallest absolute Gasteiger partial charge is 0.408 e. The maximum Gasteiger partial charge on any atom is 0.420 e. The van der Waals surface area contributed by atoms with E-state index in [1.54, 1.807) is 6.07 Å². The maximum absolute atomic E-state index is 13.2. The normalized spacial score (nSPS) is 18.4. The molecule has 1 amide bonds. The van der Waals surface area contributed by atoms with E-state index in [1.165, 1.54) is 39.4 Å². The second-order valence-electron chi connectivity index (χ2n) is 9.72. The van der Waals surface area contributed by atoms with E-state index in [-0.39, 0.29) is 28.3 Å². The highest BCUT2D eigenvalue weighted by molar-refractivity contribution is 7.89. The number of allylic oxidation sites excluding steroid dienone is 1. The van der Waals surface area contributed by atoms with Crippen LogP contribution in [0, 0.1) is 5.92 Å². The van der Waals surface area contributed by atoms with Crippen molar-refractivity contribution in [1.29, 1.82) is 0 Å². The zero-order valence-electron chi connectivity index (χ0n) is 20.1. The van der Waals surface area contributed by atoms with Crippen LogP contribution in [0.3, 0.4) is 0 Å². The third kappa shape index (κ3) is 5.46. The van der Waals surface area contributed by atoms with Gasteiger partial charge in [-0.3, -0.25) is 9.36 Å². The molecule has 0 saturated carbocycles. The van der Waals surface area contributed by atoms with Gasteiger partial charge < -0.3 is 9.73 Å². The molecule has 2 aromatic rings. The second kappa shape index (κ2) is 10.5. The zero-order chi connectivity index (χ0) is 24.3. The number of sulfonamides is 1. The molecule has 1 N–H and O–H groups in total. The average Bonchev–Trinajstić information content (AvgIpc) is 3.15. The Bertz CT molecular complexity index is 1220. The highest BCUT2D eigenvalue weighted by Crippen LogP contribution is 2.28. The molecular formula is C25H35N3O5S. The monoisotopic (exact) mass is 489 g/mol. The summed E-state index contributed by atoms with van der Waals surface area (Å²) in [5, 5.41) is 3.03. The van der Waals surface area contributed by atoms with E-state index in [0.717, 1.165) is 19.3 Å². The van der Waals surface area contributed by atoms with E-state index in [1.807, 2.05) is 13.8 Å². The van der Waals surface area contributed by atoms with Gasteiger partial charge in [0.15, 0.2) is 5.58 Å². The zero-order valence-corrected chi connectivity index (χ0v) is 20.9. The molecule has 1 aromatic heterocycles. The molecule has 0 atom stereocenters. The molecule has 186 valence electrons. The van der Waals surface area contributed by atoms with E-state index < -0.39 is 15.8 Å². The SMILES string of the molecule is CC(C)n1c(=O)oc2cc(S(=O)(=O)N3CCC(CC(=O)NCCC4=CCCCC4)CC3)ccc21. The lowest BCUT2D eigenvalue weighted by Crippen LogP contribution is -2.39. The van der Waals surface area contributed by atoms with Crippen LogP contribution in [0.1, 0.15) is 71.3 Å². The minimum atomic E-state index is -3.70. The molecule has 0 bridgehead atoms. The number of oxazole rings is 1. The molecule has 2 heterocycles. The average molecular weight is 490 g/mol. The van der Waals surface area contributed by atoms with E-state index in [0.29, 0.717) is 44.4 Å². The van der Waals surface area contributed by atoms with Gasteiger partial charge in [0, 0.05) is 38.2 Å². The van der Waals surface area contributed by atoms with Crippen molar-refractivity contribution in [1.82, 2.24) is 14.2 Å². The maximum atomic E-state index is 13.2. The summed E-state index contributed by atoms with van der Waals surface area (Å²) in [6, 6.07) is 4.52. The fourth-order valence-corrected chi connectivity index (χ4v) is 6.48. The standard InChI is InChI=1S/C25H35N3O5S/c1-18(2)28-22-9-8-21(17-23(22)33-25(28)30)34(31,32)27-14-11-20(12-15-27)16-24(29)26-13-10-19-6-4-3-5-7-19/h6,8-9,17-18,20H,3-5,7,10-16H2,1-2H3,(H,26,29). The molecule has 4 rings (SSSR count). The number of amides is 1. The Labute approximate surface area is 201 Å². The molecule has 2 aliphatic rings. The predicted octanol–water partition coefficient (Wildman–Crippen LogP) is 3.97. The Balaban J connectivity index is 1.31. The van der Waals surface area contributed by atoms with Crippen LogP contribution in [0.25, 0.3) is 11.1 Å². The van der Waals surface area contributed by atoms with Crippen molar-refractivity contribution in [3.05, 3.63) is 40.4 Å². The first kappa shape index (κ1) is 24.7. The summed E-state index contributed by atoms with van der Waals surface area (Å²) in [6.45, 7) is 5.18. The molecule has 9 heteroatoms. The van der Waals surface area contributed by atoms with Crippen molar-refractivity contribution in [2.75, 3.05) is 19.6 Å². The van der Waals surface area contributed by atoms with Gasteiger partial charge in [0.25, 0.3) is 0 Å². The number of carbonyl (C=O) groups is 1. The largest absolute Gasteiger partial charge is 0.420 e. The third-order valence-corrected chi connectivity index (χ3v) is 8.83. The lowest BCUT2D eigenvalue weighted by molar-refractivity contribution is -0.122. The van der Waals surface area contributed by atoms with Crippen LogP contribution in [-0.2, 0) is 14.8 Å². The van der Waals surface area contributed by atoms with Crippen LogP contribution in [-0.4, -0.2) is 42.8 Å². The van der Waals surface area contributed by atoms with Crippen molar-refractivity contribution in [3.8, 4) is 0 Å². The molecule has 0 spiro atoms. The number of piperidine rings is 1. The summed E-state index contributed by atoms with van der Waals surface area (Å²) in [5.74, 6) is -0.261. The Morgan fingerprint density at radius 3 is 2.65 bits per heavy atom. The summed E-state index contributed by atoms with van der Waals surface area (Å²) in [6.07, 6.45) is 9.77. The number of hydrogen-bond acceptors (Lipinski definition) is 5. The molecule has 34 heavy (non-hydrogen) atoms. The summed E-state index contributed by atoms with van der Waals surface area (Å²) >= 11 is 0. The van der Waals surface area contributed by atoms with Gasteiger partial charge in [0.2, 0.25) is 15.9 Å². The van der Waals surface area contributed by atoms with Gasteiger partial charge in [-0.2, -0.15) is 4.31 Å². The summed E-state index contributed by atoms with van der Waals surface area (Å²) in [7, 11) is -3.70. The van der Waals surface area contributed by atoms with E-state index in [2.05, 4.69) is 11.4 Å². The molecule has 0 unspecified atom stereocenters. The number of nitrogens with zero attached hydrogens (tertiary/aromatic N) is 2. The van der Waals surface area contributed by atoms with Crippen molar-refractivity contribution in [2.24, 2.45) is 5.92 Å². The number of nitrogens with one attached hydrogen (secondary N) is 1. The van der Waals surface area contributed by atoms with Crippen molar-refractivity contribution >= 4 is 27.0 Å². The Morgan fingerprint density at radius 1 is 1.21 bits per heavy atom. The van der Waals surface area contributed by atoms with Crippen LogP contribution in [0.5, 0.6) is 0 Å². The molecule has 1 aliphatic heterocycles. The van der Waals surface area contributed by atoms with Gasteiger partial charge in [0.1, 0.15) is 0 Å². The van der Waals surface area contributed by atoms with E-state index >= 15 is 0 Å². The molecule has 8 nitrogen and oxygen atoms in total. The summed E-state index contributed by atoms with van der Waals surface area (Å²) in [5.41, 5.74) is 2.31. The molecule has 1 fully saturated rings. The number of benzene rings is 1. The number of carbonyl (C=O) groups excluding carboxylic acids is 1. The lowest BCUT2D eigenvalue weighted by Gasteiger charge is -2.31. The number of fused-ring (bicyclic) bond motifs is 1. The van der Waals surface area contributed by atoms with Gasteiger partial charge in [-0.15, -0.1) is 0 Å². The van der Waals surface area contributed by atoms with Gasteiger partial charge in [-0.1, -0.05) is 11.6 Å². The Morgan fingerprint density at radius 2 is 1.97 bits per heavy atom. The first-order valence-electron chi connectivity index (χ1n) is 12.4. The fourth-order valence-electron chi connectivity index (χ4n) is 5.00. The number of aromatic nitrogens is 1. The predicted molar refractivity (Wildman–Crippen MR) is 131 cm³/mol. The number of rotatable bonds is 8. The van der Waals surface area contributed by atoms with Crippen LogP contribution >= 0.6 is 0 Å². The van der Waals surface area contributed by atoms with Gasteiger partial charge in [-0.25, -0.2) is 13.2 Å².